The Morgan fingerprint density at radius 2 is 0.414 bits per heavy atom. The van der Waals surface area contributed by atoms with Crippen molar-refractivity contribution in [1.29, 1.82) is 0 Å². The molecule has 0 fully saturated rings. The van der Waals surface area contributed by atoms with E-state index in [1.807, 2.05) is 0 Å². The molecule has 278 valence electrons. The van der Waals surface area contributed by atoms with Crippen LogP contribution in [0.3, 0.4) is 0 Å². The average molecular weight is 745 g/mol. The zero-order chi connectivity index (χ0) is 39.3. The van der Waals surface area contributed by atoms with Crippen LogP contribution < -0.4 is 9.80 Å². The summed E-state index contributed by atoms with van der Waals surface area (Å²) in [7, 11) is 0. The predicted octanol–water partition coefficient (Wildman–Crippen LogP) is 15.9. The van der Waals surface area contributed by atoms with Crippen molar-refractivity contribution in [3.8, 4) is 44.5 Å². The Bertz CT molecular complexity index is 2540. The lowest BCUT2D eigenvalue weighted by atomic mass is 9.99. The van der Waals surface area contributed by atoms with Gasteiger partial charge >= 0.3 is 0 Å². The maximum atomic E-state index is 2.35. The summed E-state index contributed by atoms with van der Waals surface area (Å²) in [6, 6.07) is 82.8. The molecule has 9 rings (SSSR count). The highest BCUT2D eigenvalue weighted by molar-refractivity contribution is 5.83. The molecular weight excluding hydrogens is 701 g/mol. The van der Waals surface area contributed by atoms with Gasteiger partial charge in [0.05, 0.1) is 0 Å². The molecule has 58 heavy (non-hydrogen) atoms. The van der Waals surface area contributed by atoms with Gasteiger partial charge in [-0.15, -0.1) is 0 Å². The van der Waals surface area contributed by atoms with Crippen LogP contribution >= 0.6 is 0 Å². The minimum atomic E-state index is 1.12. The van der Waals surface area contributed by atoms with E-state index in [4.69, 9.17) is 0 Å². The molecule has 0 saturated heterocycles. The van der Waals surface area contributed by atoms with Crippen molar-refractivity contribution in [2.75, 3.05) is 9.80 Å². The van der Waals surface area contributed by atoms with Crippen molar-refractivity contribution in [2.24, 2.45) is 0 Å². The molecule has 0 spiro atoms. The molecule has 0 aliphatic heterocycles. The standard InChI is InChI=1S/C56H44N2/c1-41-13-9-11-19-55(41)57(51-33-25-47(26-34-51)43-15-5-3-6-16-43)53-37-29-49(30-38-53)45-21-23-46(24-22-45)50-31-39-54(40-32-50)58(56-20-12-10-14-42(56)2)52-35-27-48(28-36-52)44-17-7-4-8-18-44/h3-40H,1-2H3. The summed E-state index contributed by atoms with van der Waals surface area (Å²) < 4.78 is 0. The van der Waals surface area contributed by atoms with Gasteiger partial charge in [0, 0.05) is 34.1 Å². The van der Waals surface area contributed by atoms with Crippen LogP contribution in [-0.4, -0.2) is 0 Å². The number of nitrogens with zero attached hydrogens (tertiary/aromatic N) is 2. The smallest absolute Gasteiger partial charge is 0.0490 e. The molecule has 0 aliphatic carbocycles. The van der Waals surface area contributed by atoms with E-state index in [0.29, 0.717) is 0 Å². The fraction of sp³-hybridized carbons (Fsp3) is 0.0357. The zero-order valence-electron chi connectivity index (χ0n) is 32.8. The van der Waals surface area contributed by atoms with Crippen molar-refractivity contribution in [2.45, 2.75) is 13.8 Å². The number of aryl methyl sites for hydroxylation is 2. The van der Waals surface area contributed by atoms with Gasteiger partial charge in [-0.3, -0.25) is 0 Å². The highest BCUT2D eigenvalue weighted by Crippen LogP contribution is 2.40. The Morgan fingerprint density at radius 1 is 0.207 bits per heavy atom. The summed E-state index contributed by atoms with van der Waals surface area (Å²) in [6.45, 7) is 4.35. The van der Waals surface area contributed by atoms with Crippen molar-refractivity contribution < 1.29 is 0 Å². The quantitative estimate of drug-likeness (QED) is 0.138. The van der Waals surface area contributed by atoms with E-state index in [0.717, 1.165) is 22.7 Å². The topological polar surface area (TPSA) is 6.48 Å². The van der Waals surface area contributed by atoms with E-state index in [-0.39, 0.29) is 0 Å². The van der Waals surface area contributed by atoms with E-state index in [2.05, 4.69) is 254 Å². The van der Waals surface area contributed by atoms with E-state index >= 15 is 0 Å². The third kappa shape index (κ3) is 7.56. The first-order valence-corrected chi connectivity index (χ1v) is 19.9. The Labute approximate surface area is 342 Å². The Morgan fingerprint density at radius 3 is 0.672 bits per heavy atom. The molecule has 0 aliphatic rings. The number of rotatable bonds is 10. The number of hydrogen-bond acceptors (Lipinski definition) is 2. The number of anilines is 6. The van der Waals surface area contributed by atoms with Gasteiger partial charge < -0.3 is 9.80 Å². The van der Waals surface area contributed by atoms with Crippen molar-refractivity contribution >= 4 is 34.1 Å². The highest BCUT2D eigenvalue weighted by atomic mass is 15.1. The number of hydrogen-bond donors (Lipinski definition) is 0. The monoisotopic (exact) mass is 744 g/mol. The van der Waals surface area contributed by atoms with E-state index in [9.17, 15) is 0 Å². The Kier molecular flexibility index (Phi) is 10.2. The largest absolute Gasteiger partial charge is 0.310 e. The van der Waals surface area contributed by atoms with Gasteiger partial charge in [0.1, 0.15) is 0 Å². The number of para-hydroxylation sites is 2. The molecule has 0 saturated carbocycles. The van der Waals surface area contributed by atoms with Crippen molar-refractivity contribution in [3.05, 3.63) is 242 Å². The van der Waals surface area contributed by atoms with Crippen LogP contribution in [0.2, 0.25) is 0 Å². The molecule has 0 bridgehead atoms. The lowest BCUT2D eigenvalue weighted by Gasteiger charge is -2.27. The van der Waals surface area contributed by atoms with Crippen molar-refractivity contribution in [1.82, 2.24) is 0 Å². The fourth-order valence-electron chi connectivity index (χ4n) is 7.81. The van der Waals surface area contributed by atoms with Gasteiger partial charge in [-0.25, -0.2) is 0 Å². The summed E-state index contributed by atoms with van der Waals surface area (Å²) in [6.07, 6.45) is 0. The van der Waals surface area contributed by atoms with Crippen LogP contribution in [0.5, 0.6) is 0 Å². The molecule has 0 N–H and O–H groups in total. The van der Waals surface area contributed by atoms with E-state index in [1.165, 1.54) is 67.0 Å². The molecule has 9 aromatic carbocycles. The minimum Gasteiger partial charge on any atom is -0.310 e. The van der Waals surface area contributed by atoms with Crippen LogP contribution in [0.1, 0.15) is 11.1 Å². The van der Waals surface area contributed by atoms with Gasteiger partial charge in [-0.2, -0.15) is 0 Å². The molecule has 0 radical (unpaired) electrons. The minimum absolute atomic E-state index is 1.12. The molecule has 0 heterocycles. The highest BCUT2D eigenvalue weighted by Gasteiger charge is 2.17. The molecular formula is C56H44N2. The molecule has 0 aromatic heterocycles. The SMILES string of the molecule is Cc1ccccc1N(c1ccc(-c2ccccc2)cc1)c1ccc(-c2ccc(-c3ccc(N(c4ccc(-c5ccccc5)cc4)c4ccccc4C)cc3)cc2)cc1. The summed E-state index contributed by atoms with van der Waals surface area (Å²) in [5.74, 6) is 0. The molecule has 9 aromatic rings. The van der Waals surface area contributed by atoms with Gasteiger partial charge in [0.25, 0.3) is 0 Å². The van der Waals surface area contributed by atoms with Crippen LogP contribution in [0, 0.1) is 13.8 Å². The van der Waals surface area contributed by atoms with E-state index < -0.39 is 0 Å². The Hall–Kier alpha value is -7.42. The average Bonchev–Trinajstić information content (AvgIpc) is 3.29. The number of benzene rings is 9. The first kappa shape index (κ1) is 36.2. The predicted molar refractivity (Wildman–Crippen MR) is 247 cm³/mol. The second-order valence-corrected chi connectivity index (χ2v) is 14.7. The fourth-order valence-corrected chi connectivity index (χ4v) is 7.81. The van der Waals surface area contributed by atoms with Crippen LogP contribution in [0.15, 0.2) is 231 Å². The summed E-state index contributed by atoms with van der Waals surface area (Å²) in [5.41, 5.74) is 18.9. The lowest BCUT2D eigenvalue weighted by Crippen LogP contribution is -2.11. The first-order valence-electron chi connectivity index (χ1n) is 19.9. The third-order valence-corrected chi connectivity index (χ3v) is 11.0. The summed E-state index contributed by atoms with van der Waals surface area (Å²) in [5, 5.41) is 0. The van der Waals surface area contributed by atoms with Gasteiger partial charge in [0.2, 0.25) is 0 Å². The maximum absolute atomic E-state index is 2.35. The van der Waals surface area contributed by atoms with Gasteiger partial charge in [-0.1, -0.05) is 170 Å². The molecule has 0 amide bonds. The summed E-state index contributed by atoms with van der Waals surface area (Å²) in [4.78, 5) is 4.70. The maximum Gasteiger partial charge on any atom is 0.0490 e. The summed E-state index contributed by atoms with van der Waals surface area (Å²) >= 11 is 0. The Balaban J connectivity index is 0.962. The molecule has 0 unspecified atom stereocenters. The van der Waals surface area contributed by atoms with Crippen LogP contribution in [0.4, 0.5) is 34.1 Å². The molecule has 0 atom stereocenters. The second-order valence-electron chi connectivity index (χ2n) is 14.7. The molecule has 2 nitrogen and oxygen atoms in total. The lowest BCUT2D eigenvalue weighted by molar-refractivity contribution is 1.25. The van der Waals surface area contributed by atoms with Crippen molar-refractivity contribution in [3.63, 3.8) is 0 Å². The molecule has 2 heteroatoms. The van der Waals surface area contributed by atoms with Crippen LogP contribution in [-0.2, 0) is 0 Å². The van der Waals surface area contributed by atoms with Gasteiger partial charge in [-0.05, 0) is 130 Å². The third-order valence-electron chi connectivity index (χ3n) is 11.0. The van der Waals surface area contributed by atoms with E-state index in [1.54, 1.807) is 0 Å². The normalized spacial score (nSPS) is 10.9. The van der Waals surface area contributed by atoms with Crippen LogP contribution in [0.25, 0.3) is 44.5 Å². The zero-order valence-corrected chi connectivity index (χ0v) is 32.8. The first-order chi connectivity index (χ1) is 28.6. The van der Waals surface area contributed by atoms with Gasteiger partial charge in [0.15, 0.2) is 0 Å². The second kappa shape index (κ2) is 16.4.